The van der Waals surface area contributed by atoms with Crippen LogP contribution in [0.1, 0.15) is 24.5 Å². The molecule has 3 amide bonds. The summed E-state index contributed by atoms with van der Waals surface area (Å²) in [5.74, 6) is -1.27. The number of rotatable bonds is 4. The molecule has 0 aliphatic carbocycles. The molecule has 0 spiro atoms. The number of nitrogens with zero attached hydrogens (tertiary/aromatic N) is 2. The molecule has 0 unspecified atom stereocenters. The lowest BCUT2D eigenvalue weighted by Gasteiger charge is -2.19. The summed E-state index contributed by atoms with van der Waals surface area (Å²) < 4.78 is 13.1. The molecule has 1 fully saturated rings. The van der Waals surface area contributed by atoms with Crippen molar-refractivity contribution in [2.75, 3.05) is 22.9 Å². The summed E-state index contributed by atoms with van der Waals surface area (Å²) >= 11 is 6.00. The van der Waals surface area contributed by atoms with Gasteiger partial charge in [0.25, 0.3) is 0 Å². The van der Waals surface area contributed by atoms with E-state index in [0.717, 1.165) is 23.4 Å². The Labute approximate surface area is 178 Å². The van der Waals surface area contributed by atoms with Crippen LogP contribution in [0.3, 0.4) is 0 Å². The number of anilines is 2. The van der Waals surface area contributed by atoms with Gasteiger partial charge in [0.1, 0.15) is 5.82 Å². The molecule has 0 radical (unpaired) electrons. The minimum absolute atomic E-state index is 0.00302. The molecule has 2 aromatic carbocycles. The van der Waals surface area contributed by atoms with E-state index in [1.807, 2.05) is 18.2 Å². The molecule has 2 aromatic rings. The summed E-state index contributed by atoms with van der Waals surface area (Å²) in [5.41, 5.74) is 3.25. The van der Waals surface area contributed by atoms with Gasteiger partial charge >= 0.3 is 0 Å². The highest BCUT2D eigenvalue weighted by atomic mass is 35.5. The van der Waals surface area contributed by atoms with Gasteiger partial charge < -0.3 is 15.1 Å². The smallest absolute Gasteiger partial charge is 0.227 e. The fourth-order valence-corrected chi connectivity index (χ4v) is 4.24. The maximum Gasteiger partial charge on any atom is 0.227 e. The number of benzene rings is 2. The second kappa shape index (κ2) is 8.07. The highest BCUT2D eigenvalue weighted by Crippen LogP contribution is 2.34. The first kappa shape index (κ1) is 20.3. The van der Waals surface area contributed by atoms with Crippen LogP contribution in [0.15, 0.2) is 36.4 Å². The Morgan fingerprint density at radius 2 is 2.03 bits per heavy atom. The van der Waals surface area contributed by atoms with Crippen molar-refractivity contribution in [3.8, 4) is 0 Å². The molecular weight excluding hydrogens is 409 g/mol. The number of carbonyl (C=O) groups excluding carboxylic acids is 3. The van der Waals surface area contributed by atoms with Gasteiger partial charge in [-0.3, -0.25) is 14.4 Å². The van der Waals surface area contributed by atoms with Gasteiger partial charge in [-0.25, -0.2) is 4.39 Å². The van der Waals surface area contributed by atoms with E-state index in [1.54, 1.807) is 9.80 Å². The molecule has 6 nitrogen and oxygen atoms in total. The Morgan fingerprint density at radius 1 is 1.23 bits per heavy atom. The van der Waals surface area contributed by atoms with E-state index < -0.39 is 11.7 Å². The molecule has 1 N–H and O–H groups in total. The second-order valence-electron chi connectivity index (χ2n) is 7.59. The Balaban J connectivity index is 1.42. The fraction of sp³-hybridized carbons (Fsp3) is 0.318. The first-order chi connectivity index (χ1) is 14.3. The molecule has 0 bridgehead atoms. The average molecular weight is 430 g/mol. The van der Waals surface area contributed by atoms with E-state index >= 15 is 0 Å². The van der Waals surface area contributed by atoms with Crippen molar-refractivity contribution in [2.45, 2.75) is 26.3 Å². The molecule has 8 heteroatoms. The van der Waals surface area contributed by atoms with Gasteiger partial charge in [-0.1, -0.05) is 17.7 Å². The lowest BCUT2D eigenvalue weighted by molar-refractivity contribution is -0.126. The van der Waals surface area contributed by atoms with Crippen LogP contribution in [0.2, 0.25) is 5.02 Å². The van der Waals surface area contributed by atoms with Crippen LogP contribution in [0.5, 0.6) is 0 Å². The van der Waals surface area contributed by atoms with Crippen molar-refractivity contribution in [1.82, 2.24) is 5.32 Å². The molecule has 2 heterocycles. The van der Waals surface area contributed by atoms with Gasteiger partial charge in [-0.15, -0.1) is 0 Å². The fourth-order valence-electron chi connectivity index (χ4n) is 4.01. The van der Waals surface area contributed by atoms with Crippen molar-refractivity contribution >= 4 is 40.7 Å². The van der Waals surface area contributed by atoms with Crippen LogP contribution in [0.4, 0.5) is 15.8 Å². The van der Waals surface area contributed by atoms with E-state index in [1.165, 1.54) is 25.1 Å². The van der Waals surface area contributed by atoms with Crippen molar-refractivity contribution in [3.63, 3.8) is 0 Å². The highest BCUT2D eigenvalue weighted by Gasteiger charge is 2.35. The van der Waals surface area contributed by atoms with E-state index in [4.69, 9.17) is 11.6 Å². The Bertz CT molecular complexity index is 1040. The predicted molar refractivity (Wildman–Crippen MR) is 112 cm³/mol. The molecule has 2 aliphatic rings. The zero-order valence-electron chi connectivity index (χ0n) is 16.5. The summed E-state index contributed by atoms with van der Waals surface area (Å²) in [7, 11) is 0. The summed E-state index contributed by atoms with van der Waals surface area (Å²) in [5, 5.41) is 3.03. The Kier molecular flexibility index (Phi) is 5.47. The third-order valence-corrected chi connectivity index (χ3v) is 5.97. The van der Waals surface area contributed by atoms with E-state index in [9.17, 15) is 18.8 Å². The molecule has 0 saturated carbocycles. The molecule has 30 heavy (non-hydrogen) atoms. The number of carbonyl (C=O) groups is 3. The topological polar surface area (TPSA) is 69.7 Å². The lowest BCUT2D eigenvalue weighted by Crippen LogP contribution is -2.32. The van der Waals surface area contributed by atoms with Gasteiger partial charge in [0.2, 0.25) is 17.7 Å². The first-order valence-corrected chi connectivity index (χ1v) is 10.1. The quantitative estimate of drug-likeness (QED) is 0.812. The third-order valence-electron chi connectivity index (χ3n) is 5.61. The summed E-state index contributed by atoms with van der Waals surface area (Å²) in [6.45, 7) is 2.63. The number of fused-ring (bicyclic) bond motifs is 1. The van der Waals surface area contributed by atoms with Gasteiger partial charge in [0.15, 0.2) is 0 Å². The van der Waals surface area contributed by atoms with Crippen LogP contribution in [0.25, 0.3) is 0 Å². The zero-order valence-corrected chi connectivity index (χ0v) is 17.2. The molecule has 2 aliphatic heterocycles. The normalized spacial score (nSPS) is 18.0. The number of nitrogens with one attached hydrogen (secondary N) is 1. The summed E-state index contributed by atoms with van der Waals surface area (Å²) in [6.07, 6.45) is 0.868. The highest BCUT2D eigenvalue weighted by molar-refractivity contribution is 6.31. The monoisotopic (exact) mass is 429 g/mol. The molecule has 1 atom stereocenters. The maximum absolute atomic E-state index is 13.1. The van der Waals surface area contributed by atoms with Gasteiger partial charge in [0.05, 0.1) is 5.92 Å². The first-order valence-electron chi connectivity index (χ1n) is 9.76. The number of halogens is 2. The van der Waals surface area contributed by atoms with Crippen LogP contribution in [-0.4, -0.2) is 30.8 Å². The van der Waals surface area contributed by atoms with Gasteiger partial charge in [-0.05, 0) is 47.9 Å². The zero-order chi connectivity index (χ0) is 21.4. The predicted octanol–water partition coefficient (Wildman–Crippen LogP) is 3.06. The summed E-state index contributed by atoms with van der Waals surface area (Å²) in [6, 6.07) is 9.61. The number of amides is 3. The number of hydrogen-bond acceptors (Lipinski definition) is 3. The standard InChI is InChI=1S/C22H21ClFN3O3/c1-13(28)26-7-6-14-8-18(4-5-20(14)26)27-12-16(9-21(27)29)22(30)25-11-15-2-3-17(24)10-19(15)23/h2-5,8,10,16H,6-7,9,11-12H2,1H3,(H,25,30)/t16-/m0/s1. The van der Waals surface area contributed by atoms with E-state index in [-0.39, 0.29) is 42.3 Å². The molecule has 1 saturated heterocycles. The maximum atomic E-state index is 13.1. The van der Waals surface area contributed by atoms with Crippen molar-refractivity contribution in [1.29, 1.82) is 0 Å². The van der Waals surface area contributed by atoms with Gasteiger partial charge in [-0.2, -0.15) is 0 Å². The van der Waals surface area contributed by atoms with Crippen LogP contribution in [0, 0.1) is 11.7 Å². The SMILES string of the molecule is CC(=O)N1CCc2cc(N3C[C@@H](C(=O)NCc4ccc(F)cc4Cl)CC3=O)ccc21. The minimum Gasteiger partial charge on any atom is -0.352 e. The minimum atomic E-state index is -0.473. The van der Waals surface area contributed by atoms with Crippen molar-refractivity contribution < 1.29 is 18.8 Å². The Hall–Kier alpha value is -2.93. The lowest BCUT2D eigenvalue weighted by atomic mass is 10.1. The van der Waals surface area contributed by atoms with Crippen LogP contribution in [-0.2, 0) is 27.3 Å². The van der Waals surface area contributed by atoms with Crippen molar-refractivity contribution in [3.05, 3.63) is 58.4 Å². The van der Waals surface area contributed by atoms with Crippen molar-refractivity contribution in [2.24, 2.45) is 5.92 Å². The average Bonchev–Trinajstić information content (AvgIpc) is 3.30. The summed E-state index contributed by atoms with van der Waals surface area (Å²) in [4.78, 5) is 40.2. The van der Waals surface area contributed by atoms with Crippen LogP contribution >= 0.6 is 11.6 Å². The number of hydrogen-bond donors (Lipinski definition) is 1. The molecular formula is C22H21ClFN3O3. The van der Waals surface area contributed by atoms with Crippen LogP contribution < -0.4 is 15.1 Å². The molecule has 0 aromatic heterocycles. The largest absolute Gasteiger partial charge is 0.352 e. The third kappa shape index (κ3) is 3.89. The molecule has 156 valence electrons. The van der Waals surface area contributed by atoms with E-state index in [0.29, 0.717) is 12.1 Å². The van der Waals surface area contributed by atoms with Gasteiger partial charge in [0, 0.05) is 49.4 Å². The van der Waals surface area contributed by atoms with E-state index in [2.05, 4.69) is 5.32 Å². The second-order valence-corrected chi connectivity index (χ2v) is 8.00. The molecule has 4 rings (SSSR count). The Morgan fingerprint density at radius 3 is 2.77 bits per heavy atom.